The van der Waals surface area contributed by atoms with Crippen molar-refractivity contribution in [3.63, 3.8) is 0 Å². The molecule has 2 aromatic carbocycles. The van der Waals surface area contributed by atoms with Crippen LogP contribution < -0.4 is 0 Å². The second-order valence-corrected chi connectivity index (χ2v) is 4.70. The highest BCUT2D eigenvalue weighted by atomic mass is 79.9. The van der Waals surface area contributed by atoms with Gasteiger partial charge in [0.1, 0.15) is 0 Å². The third kappa shape index (κ3) is 3.35. The van der Waals surface area contributed by atoms with Crippen LogP contribution in [0.5, 0.6) is 0 Å². The molecule has 0 aliphatic rings. The van der Waals surface area contributed by atoms with Gasteiger partial charge in [-0.2, -0.15) is 0 Å². The Morgan fingerprint density at radius 1 is 1.05 bits per heavy atom. The van der Waals surface area contributed by atoms with Gasteiger partial charge >= 0.3 is 0 Å². The molecule has 96 valence electrons. The first-order valence-electron chi connectivity index (χ1n) is 5.50. The van der Waals surface area contributed by atoms with Crippen molar-refractivity contribution >= 4 is 27.8 Å². The summed E-state index contributed by atoms with van der Waals surface area (Å²) in [4.78, 5) is 11.8. The molecule has 0 amide bonds. The van der Waals surface area contributed by atoms with Gasteiger partial charge in [0.15, 0.2) is 17.4 Å². The smallest absolute Gasteiger partial charge is 0.185 e. The molecule has 19 heavy (non-hydrogen) atoms. The van der Waals surface area contributed by atoms with Crippen molar-refractivity contribution in [3.05, 3.63) is 75.8 Å². The van der Waals surface area contributed by atoms with E-state index in [1.54, 1.807) is 6.08 Å². The van der Waals surface area contributed by atoms with Crippen LogP contribution in [0.1, 0.15) is 15.9 Å². The molecule has 0 unspecified atom stereocenters. The van der Waals surface area contributed by atoms with Gasteiger partial charge in [0.05, 0.1) is 0 Å². The van der Waals surface area contributed by atoms with Gasteiger partial charge in [0.2, 0.25) is 0 Å². The first-order valence-corrected chi connectivity index (χ1v) is 6.29. The molecule has 0 radical (unpaired) electrons. The molecule has 0 saturated carbocycles. The number of allylic oxidation sites excluding steroid dienone is 1. The summed E-state index contributed by atoms with van der Waals surface area (Å²) in [6.45, 7) is 0. The first kappa shape index (κ1) is 13.6. The zero-order valence-electron chi connectivity index (χ0n) is 9.74. The van der Waals surface area contributed by atoms with Crippen LogP contribution >= 0.6 is 15.9 Å². The molecular formula is C15H9BrF2O. The summed E-state index contributed by atoms with van der Waals surface area (Å²) in [6, 6.07) is 10.5. The topological polar surface area (TPSA) is 17.1 Å². The van der Waals surface area contributed by atoms with Gasteiger partial charge in [-0.3, -0.25) is 4.79 Å². The standard InChI is InChI=1S/C15H9BrF2O/c16-12-4-2-1-3-10(12)6-8-15(19)11-5-7-13(17)14(18)9-11/h1-9H/b8-6+. The lowest BCUT2D eigenvalue weighted by Crippen LogP contribution is -1.96. The van der Waals surface area contributed by atoms with Gasteiger partial charge in [-0.1, -0.05) is 34.1 Å². The van der Waals surface area contributed by atoms with Crippen molar-refractivity contribution in [2.24, 2.45) is 0 Å². The minimum Gasteiger partial charge on any atom is -0.289 e. The van der Waals surface area contributed by atoms with Gasteiger partial charge in [-0.05, 0) is 42.0 Å². The molecule has 0 fully saturated rings. The zero-order valence-corrected chi connectivity index (χ0v) is 11.3. The van der Waals surface area contributed by atoms with Crippen molar-refractivity contribution in [3.8, 4) is 0 Å². The molecule has 0 bridgehead atoms. The van der Waals surface area contributed by atoms with E-state index in [-0.39, 0.29) is 11.3 Å². The van der Waals surface area contributed by atoms with E-state index in [1.165, 1.54) is 12.1 Å². The van der Waals surface area contributed by atoms with Crippen LogP contribution in [0, 0.1) is 11.6 Å². The number of carbonyl (C=O) groups excluding carboxylic acids is 1. The van der Waals surface area contributed by atoms with Crippen LogP contribution in [-0.4, -0.2) is 5.78 Å². The molecule has 0 aromatic heterocycles. The lowest BCUT2D eigenvalue weighted by molar-refractivity contribution is 0.104. The Labute approximate surface area is 117 Å². The Morgan fingerprint density at radius 2 is 1.79 bits per heavy atom. The highest BCUT2D eigenvalue weighted by molar-refractivity contribution is 9.10. The fourth-order valence-electron chi connectivity index (χ4n) is 1.52. The summed E-state index contributed by atoms with van der Waals surface area (Å²) in [6.07, 6.45) is 2.94. The van der Waals surface area contributed by atoms with Crippen molar-refractivity contribution < 1.29 is 13.6 Å². The highest BCUT2D eigenvalue weighted by Gasteiger charge is 2.07. The van der Waals surface area contributed by atoms with E-state index in [4.69, 9.17) is 0 Å². The van der Waals surface area contributed by atoms with Crippen LogP contribution in [0.2, 0.25) is 0 Å². The van der Waals surface area contributed by atoms with Crippen molar-refractivity contribution in [2.45, 2.75) is 0 Å². The summed E-state index contributed by atoms with van der Waals surface area (Å²) in [7, 11) is 0. The normalized spacial score (nSPS) is 10.9. The van der Waals surface area contributed by atoms with E-state index in [2.05, 4.69) is 15.9 Å². The number of hydrogen-bond acceptors (Lipinski definition) is 1. The van der Waals surface area contributed by atoms with Gasteiger partial charge in [0.25, 0.3) is 0 Å². The summed E-state index contributed by atoms with van der Waals surface area (Å²) in [5, 5.41) is 0. The SMILES string of the molecule is O=C(/C=C/c1ccccc1Br)c1ccc(F)c(F)c1. The average Bonchev–Trinajstić information content (AvgIpc) is 2.40. The molecule has 4 heteroatoms. The van der Waals surface area contributed by atoms with E-state index < -0.39 is 11.6 Å². The van der Waals surface area contributed by atoms with E-state index >= 15 is 0 Å². The second kappa shape index (κ2) is 5.89. The van der Waals surface area contributed by atoms with E-state index in [1.807, 2.05) is 24.3 Å². The van der Waals surface area contributed by atoms with Gasteiger partial charge in [0, 0.05) is 10.0 Å². The molecule has 2 rings (SSSR count). The number of ketones is 1. The van der Waals surface area contributed by atoms with Crippen molar-refractivity contribution in [1.29, 1.82) is 0 Å². The summed E-state index contributed by atoms with van der Waals surface area (Å²) in [5.41, 5.74) is 0.945. The highest BCUT2D eigenvalue weighted by Crippen LogP contribution is 2.18. The van der Waals surface area contributed by atoms with Crippen LogP contribution in [0.3, 0.4) is 0 Å². The minimum atomic E-state index is -1.03. The molecule has 1 nitrogen and oxygen atoms in total. The number of hydrogen-bond donors (Lipinski definition) is 0. The van der Waals surface area contributed by atoms with E-state index in [0.29, 0.717) is 0 Å². The molecule has 0 spiro atoms. The maximum absolute atomic E-state index is 13.0. The molecule has 0 N–H and O–H groups in total. The Kier molecular flexibility index (Phi) is 4.22. The summed E-state index contributed by atoms with van der Waals surface area (Å²) < 4.78 is 26.6. The van der Waals surface area contributed by atoms with Gasteiger partial charge in [-0.25, -0.2) is 8.78 Å². The van der Waals surface area contributed by atoms with Crippen LogP contribution in [-0.2, 0) is 0 Å². The van der Waals surface area contributed by atoms with Crippen LogP contribution in [0.25, 0.3) is 6.08 Å². The Balaban J connectivity index is 2.21. The maximum Gasteiger partial charge on any atom is 0.185 e. The number of halogens is 3. The molecule has 0 saturated heterocycles. The van der Waals surface area contributed by atoms with Gasteiger partial charge in [-0.15, -0.1) is 0 Å². The van der Waals surface area contributed by atoms with Crippen LogP contribution in [0.15, 0.2) is 53.0 Å². The Morgan fingerprint density at radius 3 is 2.47 bits per heavy atom. The summed E-state index contributed by atoms with van der Waals surface area (Å²) in [5.74, 6) is -2.37. The van der Waals surface area contributed by atoms with Crippen molar-refractivity contribution in [2.75, 3.05) is 0 Å². The second-order valence-electron chi connectivity index (χ2n) is 3.85. The van der Waals surface area contributed by atoms with Crippen molar-refractivity contribution in [1.82, 2.24) is 0 Å². The summed E-state index contributed by atoms with van der Waals surface area (Å²) >= 11 is 3.35. The largest absolute Gasteiger partial charge is 0.289 e. The fraction of sp³-hybridized carbons (Fsp3) is 0. The molecule has 0 heterocycles. The molecule has 0 aliphatic heterocycles. The third-order valence-electron chi connectivity index (χ3n) is 2.52. The average molecular weight is 323 g/mol. The first-order chi connectivity index (χ1) is 9.08. The molecular weight excluding hydrogens is 314 g/mol. The molecule has 0 aliphatic carbocycles. The Bertz CT molecular complexity index is 650. The fourth-order valence-corrected chi connectivity index (χ4v) is 1.94. The predicted octanol–water partition coefficient (Wildman–Crippen LogP) is 4.62. The molecule has 2 aromatic rings. The predicted molar refractivity (Wildman–Crippen MR) is 73.9 cm³/mol. The monoisotopic (exact) mass is 322 g/mol. The van der Waals surface area contributed by atoms with E-state index in [9.17, 15) is 13.6 Å². The number of benzene rings is 2. The van der Waals surface area contributed by atoms with Gasteiger partial charge < -0.3 is 0 Å². The third-order valence-corrected chi connectivity index (χ3v) is 3.25. The van der Waals surface area contributed by atoms with E-state index in [0.717, 1.165) is 22.2 Å². The number of carbonyl (C=O) groups is 1. The quantitative estimate of drug-likeness (QED) is 0.595. The zero-order chi connectivity index (χ0) is 13.8. The molecule has 0 atom stereocenters. The lowest BCUT2D eigenvalue weighted by Gasteiger charge is -1.99. The maximum atomic E-state index is 13.0. The Hall–Kier alpha value is -1.81. The van der Waals surface area contributed by atoms with Crippen LogP contribution in [0.4, 0.5) is 8.78 Å². The number of rotatable bonds is 3. The minimum absolute atomic E-state index is 0.113. The lowest BCUT2D eigenvalue weighted by atomic mass is 10.1.